The van der Waals surface area contributed by atoms with Gasteiger partial charge in [0.15, 0.2) is 0 Å². The first-order valence-electron chi connectivity index (χ1n) is 8.36. The lowest BCUT2D eigenvalue weighted by atomic mass is 9.90. The number of carbonyl (C=O) groups excluding carboxylic acids is 1. The van der Waals surface area contributed by atoms with Crippen LogP contribution in [0.5, 0.6) is 0 Å². The molecule has 0 bridgehead atoms. The molecule has 0 aromatic heterocycles. The first kappa shape index (κ1) is 16.9. The second-order valence-corrected chi connectivity index (χ2v) is 7.89. The predicted octanol–water partition coefficient (Wildman–Crippen LogP) is 4.00. The molecule has 0 saturated heterocycles. The Kier molecular flexibility index (Phi) is 5.14. The van der Waals surface area contributed by atoms with Crippen LogP contribution in [0.4, 0.5) is 5.69 Å². The van der Waals surface area contributed by atoms with Crippen molar-refractivity contribution in [1.29, 1.82) is 0 Å². The zero-order valence-electron chi connectivity index (χ0n) is 14.2. The van der Waals surface area contributed by atoms with Crippen LogP contribution >= 0.6 is 0 Å². The molecule has 0 unspecified atom stereocenters. The minimum Gasteiger partial charge on any atom is -0.322 e. The van der Waals surface area contributed by atoms with Gasteiger partial charge >= 0.3 is 0 Å². The molecule has 0 radical (unpaired) electrons. The number of hydrogen-bond donors (Lipinski definition) is 1. The van der Waals surface area contributed by atoms with E-state index in [1.54, 1.807) is 6.26 Å². The smallest absolute Gasteiger partial charge is 0.255 e. The molecule has 0 spiro atoms. The average Bonchev–Trinajstić information content (AvgIpc) is 2.57. The molecule has 1 N–H and O–H groups in total. The van der Waals surface area contributed by atoms with Crippen molar-refractivity contribution in [2.24, 2.45) is 0 Å². The lowest BCUT2D eigenvalue weighted by molar-refractivity contribution is 0.102. The zero-order chi connectivity index (χ0) is 17.1. The topological polar surface area (TPSA) is 46.2 Å². The second kappa shape index (κ2) is 7.31. The normalized spacial score (nSPS) is 14.8. The number of rotatable bonds is 4. The highest BCUT2D eigenvalue weighted by atomic mass is 32.2. The molecule has 126 valence electrons. The highest BCUT2D eigenvalue weighted by Gasteiger charge is 2.14. The van der Waals surface area contributed by atoms with Crippen LogP contribution in [0.2, 0.25) is 0 Å². The van der Waals surface area contributed by atoms with Crippen LogP contribution in [0, 0.1) is 6.92 Å². The van der Waals surface area contributed by atoms with E-state index in [0.717, 1.165) is 29.7 Å². The van der Waals surface area contributed by atoms with Gasteiger partial charge in [-0.2, -0.15) is 0 Å². The molecule has 24 heavy (non-hydrogen) atoms. The summed E-state index contributed by atoms with van der Waals surface area (Å²) in [6.07, 6.45) is 6.31. The van der Waals surface area contributed by atoms with Gasteiger partial charge in [0.1, 0.15) is 0 Å². The first-order chi connectivity index (χ1) is 11.5. The van der Waals surface area contributed by atoms with Crippen molar-refractivity contribution in [2.45, 2.75) is 38.4 Å². The van der Waals surface area contributed by atoms with Gasteiger partial charge in [0, 0.05) is 34.1 Å². The Bertz CT molecular complexity index is 798. The lowest BCUT2D eigenvalue weighted by Crippen LogP contribution is -2.15. The summed E-state index contributed by atoms with van der Waals surface area (Å²) < 4.78 is 11.5. The number of hydrogen-bond acceptors (Lipinski definition) is 2. The minimum atomic E-state index is -0.898. The number of benzene rings is 2. The van der Waals surface area contributed by atoms with Crippen molar-refractivity contribution in [2.75, 3.05) is 11.6 Å². The van der Waals surface area contributed by atoms with Crippen molar-refractivity contribution >= 4 is 22.4 Å². The maximum Gasteiger partial charge on any atom is 0.255 e. The summed E-state index contributed by atoms with van der Waals surface area (Å²) in [5.41, 5.74) is 6.18. The van der Waals surface area contributed by atoms with E-state index in [0.29, 0.717) is 11.3 Å². The largest absolute Gasteiger partial charge is 0.322 e. The molecule has 3 rings (SSSR count). The van der Waals surface area contributed by atoms with E-state index in [4.69, 9.17) is 0 Å². The van der Waals surface area contributed by atoms with E-state index in [2.05, 4.69) is 11.4 Å². The van der Waals surface area contributed by atoms with Gasteiger partial charge in [-0.05, 0) is 73.1 Å². The molecule has 1 atom stereocenters. The fraction of sp³-hybridized carbons (Fsp3) is 0.350. The van der Waals surface area contributed by atoms with Crippen LogP contribution in [-0.4, -0.2) is 16.4 Å². The maximum atomic E-state index is 12.6. The number of aryl methyl sites for hydroxylation is 2. The fourth-order valence-electron chi connectivity index (χ4n) is 3.26. The van der Waals surface area contributed by atoms with E-state index in [9.17, 15) is 9.00 Å². The number of amides is 1. The SMILES string of the molecule is Cc1c(C[S@@](C)=O)cccc1NC(=O)c1ccc2c(c1)CCCC2. The quantitative estimate of drug-likeness (QED) is 0.913. The van der Waals surface area contributed by atoms with E-state index in [-0.39, 0.29) is 5.91 Å². The summed E-state index contributed by atoms with van der Waals surface area (Å²) in [5, 5.41) is 3.01. The van der Waals surface area contributed by atoms with Crippen molar-refractivity contribution in [1.82, 2.24) is 0 Å². The third kappa shape index (κ3) is 3.75. The Labute approximate surface area is 145 Å². The highest BCUT2D eigenvalue weighted by molar-refractivity contribution is 7.83. The van der Waals surface area contributed by atoms with E-state index in [1.165, 1.54) is 24.0 Å². The van der Waals surface area contributed by atoms with E-state index in [1.807, 2.05) is 37.3 Å². The number of fused-ring (bicyclic) bond motifs is 1. The van der Waals surface area contributed by atoms with E-state index >= 15 is 0 Å². The summed E-state index contributed by atoms with van der Waals surface area (Å²) in [5.74, 6) is 0.426. The second-order valence-electron chi connectivity index (χ2n) is 6.45. The van der Waals surface area contributed by atoms with Crippen LogP contribution < -0.4 is 5.32 Å². The molecule has 1 amide bonds. The van der Waals surface area contributed by atoms with Crippen molar-refractivity contribution in [3.8, 4) is 0 Å². The molecule has 2 aromatic rings. The number of anilines is 1. The Morgan fingerprint density at radius 2 is 1.88 bits per heavy atom. The first-order valence-corrected chi connectivity index (χ1v) is 10.1. The fourth-order valence-corrected chi connectivity index (χ4v) is 4.01. The summed E-state index contributed by atoms with van der Waals surface area (Å²) in [6, 6.07) is 11.8. The molecular formula is C20H23NO2S. The molecule has 0 heterocycles. The predicted molar refractivity (Wildman–Crippen MR) is 100.0 cm³/mol. The molecule has 4 heteroatoms. The molecule has 0 fully saturated rings. The van der Waals surface area contributed by atoms with Gasteiger partial charge in [-0.3, -0.25) is 9.00 Å². The van der Waals surface area contributed by atoms with Crippen LogP contribution in [-0.2, 0) is 29.4 Å². The number of carbonyl (C=O) groups is 1. The average molecular weight is 341 g/mol. The maximum absolute atomic E-state index is 12.6. The number of nitrogens with one attached hydrogen (secondary N) is 1. The van der Waals surface area contributed by atoms with Gasteiger partial charge in [0.2, 0.25) is 0 Å². The minimum absolute atomic E-state index is 0.0822. The van der Waals surface area contributed by atoms with Crippen LogP contribution in [0.15, 0.2) is 36.4 Å². The summed E-state index contributed by atoms with van der Waals surface area (Å²) in [4.78, 5) is 12.6. The Morgan fingerprint density at radius 3 is 2.62 bits per heavy atom. The van der Waals surface area contributed by atoms with Crippen molar-refractivity contribution in [3.05, 3.63) is 64.2 Å². The van der Waals surface area contributed by atoms with Crippen molar-refractivity contribution < 1.29 is 9.00 Å². The Morgan fingerprint density at radius 1 is 1.12 bits per heavy atom. The van der Waals surface area contributed by atoms with Gasteiger partial charge in [0.05, 0.1) is 0 Å². The third-order valence-electron chi connectivity index (χ3n) is 4.66. The molecule has 1 aliphatic rings. The molecule has 0 aliphatic heterocycles. The van der Waals surface area contributed by atoms with E-state index < -0.39 is 10.8 Å². The van der Waals surface area contributed by atoms with Crippen LogP contribution in [0.25, 0.3) is 0 Å². The molecular weight excluding hydrogens is 318 g/mol. The molecule has 2 aromatic carbocycles. The molecule has 0 saturated carbocycles. The van der Waals surface area contributed by atoms with Crippen molar-refractivity contribution in [3.63, 3.8) is 0 Å². The van der Waals surface area contributed by atoms with Crippen LogP contribution in [0.1, 0.15) is 45.5 Å². The standard InChI is InChI=1S/C20H23NO2S/c1-14-18(13-24(2)23)8-5-9-19(14)21-20(22)17-11-10-15-6-3-4-7-16(15)12-17/h5,8-12H,3-4,6-7,13H2,1-2H3,(H,21,22)/t24-/m1/s1. The zero-order valence-corrected chi connectivity index (χ0v) is 15.0. The summed E-state index contributed by atoms with van der Waals surface area (Å²) >= 11 is 0. The van der Waals surface area contributed by atoms with Crippen LogP contribution in [0.3, 0.4) is 0 Å². The third-order valence-corrected chi connectivity index (χ3v) is 5.38. The van der Waals surface area contributed by atoms with Gasteiger partial charge < -0.3 is 5.32 Å². The van der Waals surface area contributed by atoms with Gasteiger partial charge in [-0.1, -0.05) is 18.2 Å². The molecule has 1 aliphatic carbocycles. The summed E-state index contributed by atoms with van der Waals surface area (Å²) in [6.45, 7) is 1.96. The Hall–Kier alpha value is -1.94. The highest BCUT2D eigenvalue weighted by Crippen LogP contribution is 2.24. The van der Waals surface area contributed by atoms with Gasteiger partial charge in [-0.25, -0.2) is 0 Å². The Balaban J connectivity index is 1.81. The molecule has 3 nitrogen and oxygen atoms in total. The lowest BCUT2D eigenvalue weighted by Gasteiger charge is -2.17. The van der Waals surface area contributed by atoms with Gasteiger partial charge in [0.25, 0.3) is 5.91 Å². The summed E-state index contributed by atoms with van der Waals surface area (Å²) in [7, 11) is -0.898. The van der Waals surface area contributed by atoms with Gasteiger partial charge in [-0.15, -0.1) is 0 Å². The monoisotopic (exact) mass is 341 g/mol.